The molecular weight excluding hydrogens is 785 g/mol. The molecule has 0 aliphatic heterocycles. The van der Waals surface area contributed by atoms with Crippen LogP contribution in [0.15, 0.2) is 199 Å². The highest BCUT2D eigenvalue weighted by Gasteiger charge is 2.10. The Bertz CT molecular complexity index is 2660. The first-order valence-corrected chi connectivity index (χ1v) is 20.4. The van der Waals surface area contributed by atoms with Crippen LogP contribution >= 0.6 is 0 Å². The predicted octanol–water partition coefficient (Wildman–Crippen LogP) is 11.3. The number of aldehydes is 1. The van der Waals surface area contributed by atoms with E-state index in [2.05, 4.69) is 21.4 Å². The number of nitrogens with one attached hydrogen (secondary N) is 2. The number of carbonyl (C=O) groups is 3. The van der Waals surface area contributed by atoms with Crippen molar-refractivity contribution in [2.45, 2.75) is 32.9 Å². The fourth-order valence-electron chi connectivity index (χ4n) is 6.31. The topological polar surface area (TPSA) is 154 Å². The molecular formula is C54H54N4O5. The van der Waals surface area contributed by atoms with Crippen molar-refractivity contribution in [2.75, 3.05) is 7.05 Å². The third kappa shape index (κ3) is 15.0. The molecule has 2 amide bonds. The molecule has 0 aliphatic carbocycles. The summed E-state index contributed by atoms with van der Waals surface area (Å²) in [4.78, 5) is 37.7. The molecule has 8 aromatic carbocycles. The minimum absolute atomic E-state index is 0.00588. The number of phenolic OH excluding ortho intramolecular Hbond substituents is 2. The molecule has 0 spiro atoms. The Kier molecular flexibility index (Phi) is 19.5. The zero-order chi connectivity index (χ0) is 45.4. The number of fused-ring (bicyclic) bond motifs is 2. The highest BCUT2D eigenvalue weighted by Crippen LogP contribution is 2.27. The van der Waals surface area contributed by atoms with Crippen molar-refractivity contribution >= 4 is 51.5 Å². The second-order valence-corrected chi connectivity index (χ2v) is 14.0. The smallest absolute Gasteiger partial charge is 0.251 e. The van der Waals surface area contributed by atoms with E-state index in [1.54, 1.807) is 18.3 Å². The van der Waals surface area contributed by atoms with Crippen molar-refractivity contribution in [3.8, 4) is 11.5 Å². The summed E-state index contributed by atoms with van der Waals surface area (Å²) < 4.78 is 0. The first kappa shape index (κ1) is 47.8. The number of nitrogens with zero attached hydrogens (tertiary/aromatic N) is 1. The normalized spacial score (nSPS) is 11.1. The summed E-state index contributed by atoms with van der Waals surface area (Å²) in [7, 11) is 1.50. The third-order valence-corrected chi connectivity index (χ3v) is 9.51. The molecule has 0 bridgehead atoms. The molecule has 9 heteroatoms. The molecule has 0 aliphatic rings. The number of hydrogen-bond acceptors (Lipinski definition) is 7. The van der Waals surface area contributed by atoms with Gasteiger partial charge >= 0.3 is 0 Å². The van der Waals surface area contributed by atoms with Gasteiger partial charge in [0.15, 0.2) is 6.29 Å². The number of hydrogen-bond donors (Lipinski definition) is 5. The van der Waals surface area contributed by atoms with Crippen molar-refractivity contribution in [1.29, 1.82) is 0 Å². The summed E-state index contributed by atoms with van der Waals surface area (Å²) in [6.45, 7) is 5.48. The number of para-hydroxylation sites is 1. The average Bonchev–Trinajstić information content (AvgIpc) is 3.33. The fourth-order valence-corrected chi connectivity index (χ4v) is 6.31. The summed E-state index contributed by atoms with van der Waals surface area (Å²) in [5.41, 5.74) is 9.41. The Morgan fingerprint density at radius 1 is 0.524 bits per heavy atom. The number of rotatable bonds is 8. The Balaban J connectivity index is 0.000000185. The van der Waals surface area contributed by atoms with Gasteiger partial charge in [-0.1, -0.05) is 158 Å². The summed E-state index contributed by atoms with van der Waals surface area (Å²) in [6, 6.07) is 61.2. The highest BCUT2D eigenvalue weighted by molar-refractivity contribution is 6.03. The van der Waals surface area contributed by atoms with E-state index in [0.717, 1.165) is 43.9 Å². The average molecular weight is 839 g/mol. The van der Waals surface area contributed by atoms with Crippen molar-refractivity contribution in [3.63, 3.8) is 0 Å². The minimum Gasteiger partial charge on any atom is -0.507 e. The van der Waals surface area contributed by atoms with Crippen LogP contribution in [0.5, 0.6) is 11.5 Å². The van der Waals surface area contributed by atoms with E-state index in [1.165, 1.54) is 20.0 Å². The minimum atomic E-state index is -0.0399. The zero-order valence-corrected chi connectivity index (χ0v) is 35.9. The molecule has 0 saturated heterocycles. The molecule has 0 fully saturated rings. The monoisotopic (exact) mass is 838 g/mol. The largest absolute Gasteiger partial charge is 0.507 e. The number of carbonyl (C=O) groups excluding carboxylic acids is 3. The van der Waals surface area contributed by atoms with Crippen LogP contribution in [0.1, 0.15) is 70.3 Å². The van der Waals surface area contributed by atoms with Gasteiger partial charge in [-0.25, -0.2) is 0 Å². The molecule has 320 valence electrons. The van der Waals surface area contributed by atoms with Gasteiger partial charge in [-0.3, -0.25) is 19.4 Å². The maximum absolute atomic E-state index is 11.9. The molecule has 63 heavy (non-hydrogen) atoms. The highest BCUT2D eigenvalue weighted by atomic mass is 16.3. The summed E-state index contributed by atoms with van der Waals surface area (Å²) >= 11 is 0. The number of aliphatic imine (C=N–C) groups is 1. The Morgan fingerprint density at radius 2 is 0.921 bits per heavy atom. The number of amides is 2. The van der Waals surface area contributed by atoms with E-state index < -0.39 is 0 Å². The summed E-state index contributed by atoms with van der Waals surface area (Å²) in [6.07, 6.45) is 2.39. The lowest BCUT2D eigenvalue weighted by atomic mass is 10.0. The van der Waals surface area contributed by atoms with Crippen LogP contribution in [0, 0.1) is 0 Å². The fraction of sp³-hybridized carbons (Fsp3) is 0.111. The second kappa shape index (κ2) is 25.7. The molecule has 8 aromatic rings. The van der Waals surface area contributed by atoms with E-state index in [-0.39, 0.29) is 35.4 Å². The lowest BCUT2D eigenvalue weighted by Crippen LogP contribution is -2.26. The van der Waals surface area contributed by atoms with Gasteiger partial charge in [0.1, 0.15) is 11.5 Å². The van der Waals surface area contributed by atoms with Crippen molar-refractivity contribution in [3.05, 3.63) is 222 Å². The van der Waals surface area contributed by atoms with Gasteiger partial charge < -0.3 is 26.6 Å². The number of aromatic hydroxyl groups is 2. The standard InChI is InChI=1S/C17H13NO.C15H15NO.C11H8O2.C10H13NO.CH5N/c19-17-11-10-13-6-4-5-9-15(13)16(17)12-18-14-7-2-1-3-8-14;1-12(13-8-4-2-5-9-13)16-15(17)14-10-6-3-7-11-14;12-7-10-9-4-2-1-3-8(9)5-6-11(10)13;1-8(11-9(2)12)10-6-4-3-5-7-10;1-2/h1-12,19H;2-12H,1H3,(H,16,17);1-7,13H;3-8H,1-2H3,(H,11,12);2H2,1H3. The van der Waals surface area contributed by atoms with Gasteiger partial charge in [0.05, 0.1) is 23.3 Å². The van der Waals surface area contributed by atoms with Gasteiger partial charge in [-0.05, 0) is 90.0 Å². The van der Waals surface area contributed by atoms with Crippen LogP contribution in [0.2, 0.25) is 0 Å². The van der Waals surface area contributed by atoms with E-state index in [4.69, 9.17) is 0 Å². The third-order valence-electron chi connectivity index (χ3n) is 9.51. The molecule has 2 atom stereocenters. The van der Waals surface area contributed by atoms with E-state index in [0.29, 0.717) is 17.4 Å². The van der Waals surface area contributed by atoms with Gasteiger partial charge in [-0.2, -0.15) is 0 Å². The van der Waals surface area contributed by atoms with Crippen LogP contribution in [-0.4, -0.2) is 41.6 Å². The van der Waals surface area contributed by atoms with E-state index in [1.807, 2.05) is 190 Å². The summed E-state index contributed by atoms with van der Waals surface area (Å²) in [5, 5.41) is 29.0. The van der Waals surface area contributed by atoms with Crippen LogP contribution in [-0.2, 0) is 4.79 Å². The Morgan fingerprint density at radius 3 is 1.40 bits per heavy atom. The lowest BCUT2D eigenvalue weighted by Gasteiger charge is -2.14. The van der Waals surface area contributed by atoms with Crippen molar-refractivity contribution in [1.82, 2.24) is 10.6 Å². The van der Waals surface area contributed by atoms with Crippen LogP contribution in [0.3, 0.4) is 0 Å². The maximum Gasteiger partial charge on any atom is 0.251 e. The summed E-state index contributed by atoms with van der Waals surface area (Å²) in [5.74, 6) is 0.250. The van der Waals surface area contributed by atoms with Crippen LogP contribution < -0.4 is 16.4 Å². The molecule has 8 rings (SSSR count). The van der Waals surface area contributed by atoms with Crippen molar-refractivity contribution in [2.24, 2.45) is 10.7 Å². The van der Waals surface area contributed by atoms with Gasteiger partial charge in [0.25, 0.3) is 5.91 Å². The Hall–Kier alpha value is -7.88. The molecule has 6 N–H and O–H groups in total. The first-order valence-electron chi connectivity index (χ1n) is 20.4. The van der Waals surface area contributed by atoms with Crippen LogP contribution in [0.4, 0.5) is 5.69 Å². The molecule has 0 radical (unpaired) electrons. The van der Waals surface area contributed by atoms with Gasteiger partial charge in [0.2, 0.25) is 5.91 Å². The Labute approximate surface area is 369 Å². The lowest BCUT2D eigenvalue weighted by molar-refractivity contribution is -0.119. The van der Waals surface area contributed by atoms with Gasteiger partial charge in [-0.15, -0.1) is 0 Å². The molecule has 2 unspecified atom stereocenters. The zero-order valence-electron chi connectivity index (χ0n) is 35.9. The van der Waals surface area contributed by atoms with E-state index >= 15 is 0 Å². The predicted molar refractivity (Wildman–Crippen MR) is 258 cm³/mol. The van der Waals surface area contributed by atoms with E-state index in [9.17, 15) is 24.6 Å². The van der Waals surface area contributed by atoms with Crippen LogP contribution in [0.25, 0.3) is 21.5 Å². The van der Waals surface area contributed by atoms with Crippen molar-refractivity contribution < 1.29 is 24.6 Å². The first-order chi connectivity index (χ1) is 30.6. The molecule has 0 saturated carbocycles. The SMILES string of the molecule is CC(=O)NC(C)c1ccccc1.CC(NC(=O)c1ccccc1)c1ccccc1.CN.O=Cc1c(O)ccc2ccccc12.Oc1ccc2ccccc2c1C=Nc1ccccc1. The molecule has 0 heterocycles. The number of nitrogens with two attached hydrogens (primary N) is 1. The maximum atomic E-state index is 11.9. The van der Waals surface area contributed by atoms with Gasteiger partial charge in [0, 0.05) is 24.3 Å². The number of benzene rings is 8. The second-order valence-electron chi connectivity index (χ2n) is 14.0. The quantitative estimate of drug-likeness (QED) is 0.0758. The number of phenols is 2. The molecule has 0 aromatic heterocycles. The molecule has 9 nitrogen and oxygen atoms in total.